The maximum atomic E-state index is 12.5. The maximum absolute atomic E-state index is 12.5. The van der Waals surface area contributed by atoms with E-state index in [0.717, 1.165) is 32.9 Å². The quantitative estimate of drug-likeness (QED) is 0.311. The Hall–Kier alpha value is -4.04. The van der Waals surface area contributed by atoms with Gasteiger partial charge in [0.15, 0.2) is 15.9 Å². The van der Waals surface area contributed by atoms with Crippen LogP contribution in [-0.4, -0.2) is 29.9 Å². The van der Waals surface area contributed by atoms with Gasteiger partial charge in [0.2, 0.25) is 0 Å². The number of aromatic nitrogens is 6. The number of rotatable bonds is 2. The summed E-state index contributed by atoms with van der Waals surface area (Å²) in [6, 6.07) is 16.0. The molecule has 0 fully saturated rings. The summed E-state index contributed by atoms with van der Waals surface area (Å²) in [5.41, 5.74) is 5.26. The van der Waals surface area contributed by atoms with Crippen LogP contribution in [0, 0.1) is 4.77 Å². The Bertz CT molecular complexity index is 1700. The molecule has 2 aromatic carbocycles. The van der Waals surface area contributed by atoms with Crippen molar-refractivity contribution in [3.05, 3.63) is 76.0 Å². The fraction of sp³-hybridized carbons (Fsp3) is 0. The Morgan fingerprint density at radius 3 is 1.93 bits per heavy atom. The largest absolute Gasteiger partial charge is 0.360 e. The van der Waals surface area contributed by atoms with Gasteiger partial charge in [-0.05, 0) is 24.4 Å². The van der Waals surface area contributed by atoms with Crippen molar-refractivity contribution in [2.45, 2.75) is 0 Å². The van der Waals surface area contributed by atoms with Gasteiger partial charge in [-0.3, -0.25) is 9.78 Å². The smallest absolute Gasteiger partial charge is 0.279 e. The van der Waals surface area contributed by atoms with E-state index in [-0.39, 0.29) is 15.8 Å². The van der Waals surface area contributed by atoms with Gasteiger partial charge in [0.25, 0.3) is 5.56 Å². The fourth-order valence-electron chi connectivity index (χ4n) is 3.89. The van der Waals surface area contributed by atoms with Gasteiger partial charge in [-0.1, -0.05) is 36.4 Å². The minimum atomic E-state index is -0.368. The van der Waals surface area contributed by atoms with Crippen LogP contribution in [0.4, 0.5) is 0 Å². The molecule has 0 radical (unpaired) electrons. The van der Waals surface area contributed by atoms with Gasteiger partial charge >= 0.3 is 0 Å². The highest BCUT2D eigenvalue weighted by molar-refractivity contribution is 7.71. The van der Waals surface area contributed by atoms with Crippen molar-refractivity contribution in [1.82, 2.24) is 29.9 Å². The van der Waals surface area contributed by atoms with E-state index in [9.17, 15) is 4.79 Å². The predicted octanol–water partition coefficient (Wildman–Crippen LogP) is 4.67. The summed E-state index contributed by atoms with van der Waals surface area (Å²) in [4.78, 5) is 34.2. The fourth-order valence-corrected chi connectivity index (χ4v) is 4.08. The zero-order valence-electron chi connectivity index (χ0n) is 15.5. The first-order valence-corrected chi connectivity index (χ1v) is 9.77. The molecular formula is C22H14N6OS. The summed E-state index contributed by atoms with van der Waals surface area (Å²) in [5, 5.41) is 2.03. The molecule has 0 amide bonds. The van der Waals surface area contributed by atoms with E-state index in [2.05, 4.69) is 19.9 Å². The lowest BCUT2D eigenvalue weighted by atomic mass is 10.0. The SMILES string of the molecule is O=c1[nH]c(=S)[nH]c2nc(-c3c[nH]c4ccccc34)c(-c3c[nH]c4ccccc34)nc12. The van der Waals surface area contributed by atoms with Crippen molar-refractivity contribution in [2.75, 3.05) is 0 Å². The summed E-state index contributed by atoms with van der Waals surface area (Å²) >= 11 is 5.13. The van der Waals surface area contributed by atoms with Crippen LogP contribution in [0.5, 0.6) is 0 Å². The van der Waals surface area contributed by atoms with Crippen molar-refractivity contribution in [3.63, 3.8) is 0 Å². The number of H-pyrrole nitrogens is 4. The Kier molecular flexibility index (Phi) is 3.50. The molecule has 0 saturated heterocycles. The van der Waals surface area contributed by atoms with E-state index in [0.29, 0.717) is 17.0 Å². The Morgan fingerprint density at radius 1 is 0.733 bits per heavy atom. The molecule has 0 atom stereocenters. The minimum Gasteiger partial charge on any atom is -0.360 e. The number of fused-ring (bicyclic) bond motifs is 3. The summed E-state index contributed by atoms with van der Waals surface area (Å²) in [5.74, 6) is 0. The van der Waals surface area contributed by atoms with Crippen molar-refractivity contribution in [2.24, 2.45) is 0 Å². The number of aromatic amines is 4. The molecule has 6 aromatic rings. The summed E-state index contributed by atoms with van der Waals surface area (Å²) in [6.45, 7) is 0. The lowest BCUT2D eigenvalue weighted by molar-refractivity contribution is 1.09. The number of hydrogen-bond donors (Lipinski definition) is 4. The molecule has 30 heavy (non-hydrogen) atoms. The van der Waals surface area contributed by atoms with Gasteiger partial charge in [-0.15, -0.1) is 0 Å². The molecule has 4 heterocycles. The standard InChI is InChI=1S/C22H14N6OS/c29-21-19-20(27-22(30)28-21)26-18(14-10-24-16-8-4-2-6-12(14)16)17(25-19)13-9-23-15-7-3-1-5-11(13)15/h1-10,23-24H,(H2,26,27,28,29,30). The van der Waals surface area contributed by atoms with Gasteiger partial charge in [0, 0.05) is 45.3 Å². The molecule has 0 aliphatic heterocycles. The Labute approximate surface area is 173 Å². The molecular weight excluding hydrogens is 396 g/mol. The highest BCUT2D eigenvalue weighted by Crippen LogP contribution is 2.37. The second-order valence-electron chi connectivity index (χ2n) is 7.02. The van der Waals surface area contributed by atoms with Gasteiger partial charge in [-0.25, -0.2) is 9.97 Å². The monoisotopic (exact) mass is 410 g/mol. The average Bonchev–Trinajstić information content (AvgIpc) is 3.37. The van der Waals surface area contributed by atoms with E-state index >= 15 is 0 Å². The average molecular weight is 410 g/mol. The minimum absolute atomic E-state index is 0.214. The van der Waals surface area contributed by atoms with Gasteiger partial charge in [0.1, 0.15) is 5.69 Å². The van der Waals surface area contributed by atoms with Gasteiger partial charge in [-0.2, -0.15) is 0 Å². The highest BCUT2D eigenvalue weighted by atomic mass is 32.1. The van der Waals surface area contributed by atoms with Crippen LogP contribution in [0.3, 0.4) is 0 Å². The summed E-state index contributed by atoms with van der Waals surface area (Å²) < 4.78 is 0.214. The first-order valence-electron chi connectivity index (χ1n) is 9.36. The molecule has 0 bridgehead atoms. The van der Waals surface area contributed by atoms with Crippen LogP contribution in [-0.2, 0) is 0 Å². The van der Waals surface area contributed by atoms with E-state index in [1.165, 1.54) is 0 Å². The molecule has 4 aromatic heterocycles. The van der Waals surface area contributed by atoms with Crippen molar-refractivity contribution in [3.8, 4) is 22.5 Å². The van der Waals surface area contributed by atoms with E-state index in [4.69, 9.17) is 22.2 Å². The summed E-state index contributed by atoms with van der Waals surface area (Å²) in [7, 11) is 0. The van der Waals surface area contributed by atoms with Gasteiger partial charge in [0.05, 0.1) is 5.69 Å². The lowest BCUT2D eigenvalue weighted by Gasteiger charge is -2.09. The molecule has 8 heteroatoms. The zero-order valence-corrected chi connectivity index (χ0v) is 16.3. The molecule has 6 rings (SSSR count). The molecule has 144 valence electrons. The number of nitrogens with zero attached hydrogens (tertiary/aromatic N) is 2. The van der Waals surface area contributed by atoms with E-state index < -0.39 is 0 Å². The predicted molar refractivity (Wildman–Crippen MR) is 120 cm³/mol. The third-order valence-electron chi connectivity index (χ3n) is 5.26. The maximum Gasteiger partial charge on any atom is 0.279 e. The second-order valence-corrected chi connectivity index (χ2v) is 7.43. The van der Waals surface area contributed by atoms with Crippen LogP contribution in [0.2, 0.25) is 0 Å². The Morgan fingerprint density at radius 2 is 1.30 bits per heavy atom. The van der Waals surface area contributed by atoms with Crippen LogP contribution in [0.1, 0.15) is 0 Å². The lowest BCUT2D eigenvalue weighted by Crippen LogP contribution is -2.12. The third kappa shape index (κ3) is 2.44. The van der Waals surface area contributed by atoms with E-state index in [1.54, 1.807) is 0 Å². The normalized spacial score (nSPS) is 11.6. The van der Waals surface area contributed by atoms with Crippen molar-refractivity contribution in [1.29, 1.82) is 0 Å². The summed E-state index contributed by atoms with van der Waals surface area (Å²) in [6.07, 6.45) is 3.82. The molecule has 0 aliphatic rings. The molecule has 0 aliphatic carbocycles. The Balaban J connectivity index is 1.77. The molecule has 4 N–H and O–H groups in total. The van der Waals surface area contributed by atoms with E-state index in [1.807, 2.05) is 60.9 Å². The first kappa shape index (κ1) is 16.9. The second kappa shape index (κ2) is 6.23. The van der Waals surface area contributed by atoms with Crippen molar-refractivity contribution >= 4 is 45.2 Å². The van der Waals surface area contributed by atoms with Crippen LogP contribution in [0.25, 0.3) is 55.5 Å². The van der Waals surface area contributed by atoms with Crippen LogP contribution in [0.15, 0.2) is 65.7 Å². The molecule has 0 spiro atoms. The first-order chi connectivity index (χ1) is 14.7. The van der Waals surface area contributed by atoms with Crippen molar-refractivity contribution < 1.29 is 0 Å². The van der Waals surface area contributed by atoms with Gasteiger partial charge < -0.3 is 15.0 Å². The third-order valence-corrected chi connectivity index (χ3v) is 5.46. The number of para-hydroxylation sites is 2. The van der Waals surface area contributed by atoms with Crippen LogP contribution >= 0.6 is 12.2 Å². The molecule has 0 saturated carbocycles. The molecule has 7 nitrogen and oxygen atoms in total. The number of hydrogen-bond acceptors (Lipinski definition) is 4. The number of nitrogens with one attached hydrogen (secondary N) is 4. The van der Waals surface area contributed by atoms with Crippen LogP contribution < -0.4 is 5.56 Å². The zero-order chi connectivity index (χ0) is 20.2. The molecule has 0 unspecified atom stereocenters. The number of benzene rings is 2. The topological polar surface area (TPSA) is 106 Å². The highest BCUT2D eigenvalue weighted by Gasteiger charge is 2.20.